The van der Waals surface area contributed by atoms with E-state index in [0.29, 0.717) is 12.2 Å². The molecule has 2 aromatic carbocycles. The Hall–Kier alpha value is -2.08. The predicted octanol–water partition coefficient (Wildman–Crippen LogP) is 3.20. The first-order chi connectivity index (χ1) is 11.2. The third-order valence-electron chi connectivity index (χ3n) is 3.48. The van der Waals surface area contributed by atoms with Gasteiger partial charge in [0.15, 0.2) is 0 Å². The van der Waals surface area contributed by atoms with Crippen molar-refractivity contribution in [3.05, 3.63) is 48.5 Å². The van der Waals surface area contributed by atoms with E-state index in [1.807, 2.05) is 24.3 Å². The number of aromatic hydroxyl groups is 2. The highest BCUT2D eigenvalue weighted by molar-refractivity contribution is 5.64. The van der Waals surface area contributed by atoms with Crippen molar-refractivity contribution in [1.29, 1.82) is 0 Å². The molecule has 2 N–H and O–H groups in total. The van der Waals surface area contributed by atoms with Gasteiger partial charge >= 0.3 is 0 Å². The number of phenolic OH excluding ortho intramolecular Hbond substituents is 2. The molecule has 2 fully saturated rings. The summed E-state index contributed by atoms with van der Waals surface area (Å²) in [5.41, 5.74) is 2.03. The van der Waals surface area contributed by atoms with Crippen LogP contribution in [0.1, 0.15) is 7.43 Å². The van der Waals surface area contributed by atoms with Gasteiger partial charge in [-0.3, -0.25) is 0 Å². The van der Waals surface area contributed by atoms with Crippen molar-refractivity contribution < 1.29 is 24.4 Å². The molecule has 130 valence electrons. The van der Waals surface area contributed by atoms with E-state index in [4.69, 9.17) is 24.4 Å². The quantitative estimate of drug-likeness (QED) is 0.823. The summed E-state index contributed by atoms with van der Waals surface area (Å²) in [5.74, 6) is 0.514. The molecule has 0 aliphatic carbocycles. The maximum Gasteiger partial charge on any atom is 0.115 e. The van der Waals surface area contributed by atoms with Crippen molar-refractivity contribution in [2.24, 2.45) is 0 Å². The van der Waals surface area contributed by atoms with Crippen LogP contribution in [-0.2, 0) is 14.2 Å². The van der Waals surface area contributed by atoms with Crippen LogP contribution < -0.4 is 0 Å². The molecule has 2 atom stereocenters. The molecule has 24 heavy (non-hydrogen) atoms. The van der Waals surface area contributed by atoms with Gasteiger partial charge in [0.05, 0.1) is 26.4 Å². The lowest BCUT2D eigenvalue weighted by molar-refractivity contribution is 0.102. The lowest BCUT2D eigenvalue weighted by Crippen LogP contribution is -2.06. The van der Waals surface area contributed by atoms with Gasteiger partial charge in [-0.2, -0.15) is 0 Å². The van der Waals surface area contributed by atoms with Crippen molar-refractivity contribution in [3.63, 3.8) is 0 Å². The number of rotatable bonds is 5. The van der Waals surface area contributed by atoms with Crippen LogP contribution in [0.4, 0.5) is 0 Å². The first-order valence-corrected chi connectivity index (χ1v) is 7.60. The Labute approximate surface area is 142 Å². The SMILES string of the molecule is C.C(OCC1CO1)C1CO1.Oc1ccc(-c2ccc(O)cc2)cc1. The molecular formula is C19H24O5. The van der Waals surface area contributed by atoms with E-state index in [-0.39, 0.29) is 18.9 Å². The maximum atomic E-state index is 9.11. The summed E-state index contributed by atoms with van der Waals surface area (Å²) in [5, 5.41) is 18.2. The average Bonchev–Trinajstić information content (AvgIpc) is 3.45. The molecule has 2 saturated heterocycles. The van der Waals surface area contributed by atoms with Crippen molar-refractivity contribution >= 4 is 0 Å². The highest BCUT2D eigenvalue weighted by atomic mass is 16.6. The third-order valence-corrected chi connectivity index (χ3v) is 3.48. The van der Waals surface area contributed by atoms with Crippen LogP contribution in [0.2, 0.25) is 0 Å². The average molecular weight is 332 g/mol. The standard InChI is InChI=1S/C12H10O2.C6H10O3.CH4/c13-11-5-1-9(2-6-11)10-3-7-12(14)8-4-10;1(5-3-8-5)7-2-6-4-9-6;/h1-8,13-14H;5-6H,1-4H2;1H4. The highest BCUT2D eigenvalue weighted by Crippen LogP contribution is 2.23. The summed E-state index contributed by atoms with van der Waals surface area (Å²) in [6, 6.07) is 13.9. The lowest BCUT2D eigenvalue weighted by atomic mass is 10.1. The summed E-state index contributed by atoms with van der Waals surface area (Å²) in [4.78, 5) is 0. The normalized spacial score (nSPS) is 20.3. The van der Waals surface area contributed by atoms with Gasteiger partial charge in [-0.25, -0.2) is 0 Å². The summed E-state index contributed by atoms with van der Waals surface area (Å²) in [6.45, 7) is 3.26. The first-order valence-electron chi connectivity index (χ1n) is 7.60. The smallest absolute Gasteiger partial charge is 0.115 e. The molecule has 2 heterocycles. The molecule has 4 rings (SSSR count). The van der Waals surface area contributed by atoms with E-state index in [1.54, 1.807) is 24.3 Å². The molecule has 5 heteroatoms. The number of ether oxygens (including phenoxy) is 3. The van der Waals surface area contributed by atoms with Gasteiger partial charge in [0.2, 0.25) is 0 Å². The van der Waals surface area contributed by atoms with E-state index >= 15 is 0 Å². The Kier molecular flexibility index (Phi) is 6.61. The van der Waals surface area contributed by atoms with E-state index in [1.165, 1.54) is 0 Å². The van der Waals surface area contributed by atoms with Crippen molar-refractivity contribution in [2.45, 2.75) is 19.6 Å². The summed E-state index contributed by atoms with van der Waals surface area (Å²) < 4.78 is 15.1. The minimum absolute atomic E-state index is 0. The fraction of sp³-hybridized carbons (Fsp3) is 0.368. The second-order valence-electron chi connectivity index (χ2n) is 5.54. The monoisotopic (exact) mass is 332 g/mol. The first kappa shape index (κ1) is 18.3. The van der Waals surface area contributed by atoms with Crippen molar-refractivity contribution in [1.82, 2.24) is 0 Å². The Bertz CT molecular complexity index is 545. The topological polar surface area (TPSA) is 74.8 Å². The highest BCUT2D eigenvalue weighted by Gasteiger charge is 2.26. The molecule has 2 aliphatic heterocycles. The fourth-order valence-corrected chi connectivity index (χ4v) is 1.97. The van der Waals surface area contributed by atoms with E-state index in [9.17, 15) is 0 Å². The van der Waals surface area contributed by atoms with Crippen molar-refractivity contribution in [3.8, 4) is 22.6 Å². The van der Waals surface area contributed by atoms with E-state index in [2.05, 4.69) is 0 Å². The Morgan fingerprint density at radius 1 is 0.750 bits per heavy atom. The van der Waals surface area contributed by atoms with Crippen LogP contribution >= 0.6 is 0 Å². The molecule has 0 radical (unpaired) electrons. The lowest BCUT2D eigenvalue weighted by Gasteiger charge is -2.01. The zero-order chi connectivity index (χ0) is 16.1. The molecule has 5 nitrogen and oxygen atoms in total. The molecule has 0 saturated carbocycles. The molecular weight excluding hydrogens is 308 g/mol. The van der Waals surface area contributed by atoms with Gasteiger partial charge in [0.1, 0.15) is 23.7 Å². The van der Waals surface area contributed by atoms with Gasteiger partial charge in [-0.15, -0.1) is 0 Å². The number of phenols is 2. The Morgan fingerprint density at radius 2 is 1.08 bits per heavy atom. The molecule has 0 bridgehead atoms. The minimum atomic E-state index is 0. The van der Waals surface area contributed by atoms with Gasteiger partial charge in [0, 0.05) is 0 Å². The number of benzene rings is 2. The van der Waals surface area contributed by atoms with E-state index < -0.39 is 0 Å². The number of epoxide rings is 2. The Morgan fingerprint density at radius 3 is 1.38 bits per heavy atom. The van der Waals surface area contributed by atoms with Gasteiger partial charge in [-0.05, 0) is 35.4 Å². The largest absolute Gasteiger partial charge is 0.508 e. The van der Waals surface area contributed by atoms with Crippen LogP contribution in [0.15, 0.2) is 48.5 Å². The second kappa shape index (κ2) is 8.68. The molecule has 2 aromatic rings. The van der Waals surface area contributed by atoms with Crippen LogP contribution in [0, 0.1) is 0 Å². The predicted molar refractivity (Wildman–Crippen MR) is 92.2 cm³/mol. The molecule has 2 unspecified atom stereocenters. The summed E-state index contributed by atoms with van der Waals surface area (Å²) in [6.07, 6.45) is 0.785. The van der Waals surface area contributed by atoms with Crippen molar-refractivity contribution in [2.75, 3.05) is 26.4 Å². The van der Waals surface area contributed by atoms with Gasteiger partial charge in [0.25, 0.3) is 0 Å². The van der Waals surface area contributed by atoms with Gasteiger partial charge in [-0.1, -0.05) is 31.7 Å². The van der Waals surface area contributed by atoms with Crippen LogP contribution in [-0.4, -0.2) is 48.8 Å². The van der Waals surface area contributed by atoms with E-state index in [0.717, 1.165) is 37.6 Å². The zero-order valence-electron chi connectivity index (χ0n) is 12.7. The number of hydrogen-bond acceptors (Lipinski definition) is 5. The van der Waals surface area contributed by atoms with Crippen LogP contribution in [0.5, 0.6) is 11.5 Å². The Balaban J connectivity index is 0.000000181. The fourth-order valence-electron chi connectivity index (χ4n) is 1.97. The van der Waals surface area contributed by atoms with Crippen LogP contribution in [0.3, 0.4) is 0 Å². The maximum absolute atomic E-state index is 9.11. The minimum Gasteiger partial charge on any atom is -0.508 e. The zero-order valence-corrected chi connectivity index (χ0v) is 12.7. The van der Waals surface area contributed by atoms with Gasteiger partial charge < -0.3 is 24.4 Å². The molecule has 0 aromatic heterocycles. The summed E-state index contributed by atoms with van der Waals surface area (Å²) in [7, 11) is 0. The summed E-state index contributed by atoms with van der Waals surface area (Å²) >= 11 is 0. The molecule has 2 aliphatic rings. The second-order valence-corrected chi connectivity index (χ2v) is 5.54. The van der Waals surface area contributed by atoms with Crippen LogP contribution in [0.25, 0.3) is 11.1 Å². The molecule has 0 amide bonds. The third kappa shape index (κ3) is 6.20. The number of hydrogen-bond donors (Lipinski definition) is 2. The molecule has 0 spiro atoms.